The van der Waals surface area contributed by atoms with Crippen molar-refractivity contribution in [2.45, 2.75) is 38.8 Å². The van der Waals surface area contributed by atoms with Crippen LogP contribution in [0.1, 0.15) is 25.3 Å². The zero-order valence-corrected chi connectivity index (χ0v) is 13.5. The highest BCUT2D eigenvalue weighted by Crippen LogP contribution is 2.19. The molecule has 1 fully saturated rings. The average Bonchev–Trinajstić information content (AvgIpc) is 2.52. The molecule has 0 bridgehead atoms. The highest BCUT2D eigenvalue weighted by Gasteiger charge is 2.31. The topological polar surface area (TPSA) is 76.1 Å². The monoisotopic (exact) mass is 321 g/mol. The van der Waals surface area contributed by atoms with Crippen molar-refractivity contribution in [3.63, 3.8) is 0 Å². The number of aryl methyl sites for hydroxylation is 1. The molecule has 1 atom stereocenters. The molecular weight excluding hydrogens is 298 g/mol. The lowest BCUT2D eigenvalue weighted by Gasteiger charge is -2.34. The fourth-order valence-electron chi connectivity index (χ4n) is 2.71. The van der Waals surface area contributed by atoms with Crippen molar-refractivity contribution in [1.29, 1.82) is 0 Å². The van der Waals surface area contributed by atoms with Crippen LogP contribution in [0.15, 0.2) is 24.3 Å². The number of hydrogen-bond acceptors (Lipinski definition) is 4. The maximum Gasteiger partial charge on any atom is 0.323 e. The van der Waals surface area contributed by atoms with E-state index in [1.807, 2.05) is 25.1 Å². The summed E-state index contributed by atoms with van der Waals surface area (Å²) in [5, 5.41) is 9.11. The van der Waals surface area contributed by atoms with Gasteiger partial charge in [-0.2, -0.15) is 0 Å². The van der Waals surface area contributed by atoms with Crippen molar-refractivity contribution >= 4 is 11.9 Å². The van der Waals surface area contributed by atoms with E-state index in [-0.39, 0.29) is 18.5 Å². The molecule has 1 N–H and O–H groups in total. The van der Waals surface area contributed by atoms with Crippen LogP contribution in [0.3, 0.4) is 0 Å². The average molecular weight is 321 g/mol. The number of carbonyl (C=O) groups is 2. The van der Waals surface area contributed by atoms with Crippen LogP contribution in [0.4, 0.5) is 0 Å². The van der Waals surface area contributed by atoms with Gasteiger partial charge in [0.25, 0.3) is 5.91 Å². The summed E-state index contributed by atoms with van der Waals surface area (Å²) in [6.45, 7) is 4.37. The van der Waals surface area contributed by atoms with E-state index in [1.54, 1.807) is 13.0 Å². The second-order valence-corrected chi connectivity index (χ2v) is 5.78. The number of amides is 1. The van der Waals surface area contributed by atoms with Crippen LogP contribution in [-0.2, 0) is 14.3 Å². The smallest absolute Gasteiger partial charge is 0.323 e. The molecule has 6 nitrogen and oxygen atoms in total. The molecule has 23 heavy (non-hydrogen) atoms. The summed E-state index contributed by atoms with van der Waals surface area (Å²) in [5.74, 6) is -0.721. The van der Waals surface area contributed by atoms with Crippen LogP contribution in [-0.4, -0.2) is 53.8 Å². The van der Waals surface area contributed by atoms with E-state index in [0.29, 0.717) is 31.8 Å². The van der Waals surface area contributed by atoms with Crippen LogP contribution in [0, 0.1) is 6.92 Å². The fraction of sp³-hybridized carbons (Fsp3) is 0.529. The molecule has 0 spiro atoms. The number of nitrogens with zero attached hydrogens (tertiary/aromatic N) is 1. The Hall–Kier alpha value is -2.08. The molecule has 1 saturated heterocycles. The van der Waals surface area contributed by atoms with Gasteiger partial charge in [-0.1, -0.05) is 12.1 Å². The highest BCUT2D eigenvalue weighted by molar-refractivity contribution is 5.85. The molecule has 1 aliphatic heterocycles. The lowest BCUT2D eigenvalue weighted by molar-refractivity contribution is -0.151. The third kappa shape index (κ3) is 4.96. The molecule has 1 aromatic rings. The molecule has 1 aromatic carbocycles. The minimum atomic E-state index is -1.02. The Morgan fingerprint density at radius 1 is 1.39 bits per heavy atom. The fourth-order valence-corrected chi connectivity index (χ4v) is 2.71. The van der Waals surface area contributed by atoms with Gasteiger partial charge >= 0.3 is 5.97 Å². The molecule has 1 heterocycles. The Labute approximate surface area is 136 Å². The van der Waals surface area contributed by atoms with Gasteiger partial charge in [-0.25, -0.2) is 0 Å². The van der Waals surface area contributed by atoms with Gasteiger partial charge < -0.3 is 19.5 Å². The van der Waals surface area contributed by atoms with E-state index < -0.39 is 12.1 Å². The molecule has 126 valence electrons. The summed E-state index contributed by atoms with van der Waals surface area (Å²) in [6.07, 6.45) is 0.561. The lowest BCUT2D eigenvalue weighted by atomic mass is 10.1. The maximum absolute atomic E-state index is 12.7. The summed E-state index contributed by atoms with van der Waals surface area (Å²) in [7, 11) is 0. The Morgan fingerprint density at radius 2 is 2.09 bits per heavy atom. The molecule has 0 aromatic heterocycles. The largest absolute Gasteiger partial charge is 0.481 e. The van der Waals surface area contributed by atoms with Crippen molar-refractivity contribution in [2.75, 3.05) is 19.8 Å². The number of benzene rings is 1. The number of hydrogen-bond donors (Lipinski definition) is 1. The summed E-state index contributed by atoms with van der Waals surface area (Å²) >= 11 is 0. The van der Waals surface area contributed by atoms with E-state index in [2.05, 4.69) is 0 Å². The third-order valence-electron chi connectivity index (χ3n) is 3.87. The predicted molar refractivity (Wildman–Crippen MR) is 84.5 cm³/mol. The van der Waals surface area contributed by atoms with Gasteiger partial charge in [0.05, 0.1) is 0 Å². The molecule has 2 rings (SSSR count). The van der Waals surface area contributed by atoms with E-state index >= 15 is 0 Å². The van der Waals surface area contributed by atoms with Crippen molar-refractivity contribution in [3.05, 3.63) is 29.8 Å². The summed E-state index contributed by atoms with van der Waals surface area (Å²) < 4.78 is 11.0. The zero-order chi connectivity index (χ0) is 16.8. The first-order chi connectivity index (χ1) is 11.0. The highest BCUT2D eigenvalue weighted by atomic mass is 16.5. The first kappa shape index (κ1) is 17.3. The van der Waals surface area contributed by atoms with Gasteiger partial charge in [0.15, 0.2) is 6.10 Å². The molecular formula is C17H23NO5. The van der Waals surface area contributed by atoms with Crippen molar-refractivity contribution in [3.8, 4) is 5.75 Å². The van der Waals surface area contributed by atoms with Crippen molar-refractivity contribution in [2.24, 2.45) is 0 Å². The molecule has 1 aliphatic rings. The number of rotatable bonds is 6. The maximum atomic E-state index is 12.7. The second kappa shape index (κ2) is 7.97. The van der Waals surface area contributed by atoms with Crippen molar-refractivity contribution in [1.82, 2.24) is 4.90 Å². The number of carbonyl (C=O) groups excluding carboxylic acids is 1. The van der Waals surface area contributed by atoms with Gasteiger partial charge in [-0.3, -0.25) is 9.59 Å². The van der Waals surface area contributed by atoms with Crippen LogP contribution in [0.5, 0.6) is 5.75 Å². The minimum Gasteiger partial charge on any atom is -0.481 e. The number of carboxylic acids is 1. The van der Waals surface area contributed by atoms with Gasteiger partial charge in [-0.05, 0) is 44.4 Å². The minimum absolute atomic E-state index is 0.115. The Morgan fingerprint density at radius 3 is 2.70 bits per heavy atom. The van der Waals surface area contributed by atoms with Gasteiger partial charge in [0.2, 0.25) is 0 Å². The molecule has 1 amide bonds. The summed E-state index contributed by atoms with van der Waals surface area (Å²) in [4.78, 5) is 25.2. The zero-order valence-electron chi connectivity index (χ0n) is 13.5. The number of ether oxygens (including phenoxy) is 2. The first-order valence-electron chi connectivity index (χ1n) is 7.80. The Balaban J connectivity index is 2.07. The van der Waals surface area contributed by atoms with E-state index in [0.717, 1.165) is 5.56 Å². The molecule has 0 aliphatic carbocycles. The Bertz CT molecular complexity index is 554. The van der Waals surface area contributed by atoms with Gasteiger partial charge in [0.1, 0.15) is 12.3 Å². The van der Waals surface area contributed by atoms with Gasteiger partial charge in [-0.15, -0.1) is 0 Å². The van der Waals surface area contributed by atoms with Crippen LogP contribution >= 0.6 is 0 Å². The molecule has 6 heteroatoms. The molecule has 0 radical (unpaired) electrons. The van der Waals surface area contributed by atoms with E-state index in [9.17, 15) is 9.59 Å². The second-order valence-electron chi connectivity index (χ2n) is 5.78. The standard InChI is InChI=1S/C17H23NO5/c1-12-4-3-5-15(10-12)23-13(2)17(21)18(11-16(19)20)14-6-8-22-9-7-14/h3-5,10,13-14H,6-9,11H2,1-2H3,(H,19,20)/t13-/m0/s1. The van der Waals surface area contributed by atoms with Crippen LogP contribution in [0.25, 0.3) is 0 Å². The summed E-state index contributed by atoms with van der Waals surface area (Å²) in [6, 6.07) is 7.32. The number of carboxylic acid groups (broad SMARTS) is 1. The Kier molecular flexibility index (Phi) is 5.98. The van der Waals surface area contributed by atoms with Crippen molar-refractivity contribution < 1.29 is 24.2 Å². The SMILES string of the molecule is Cc1cccc(O[C@@H](C)C(=O)N(CC(=O)O)C2CCOCC2)c1. The molecule has 0 unspecified atom stereocenters. The van der Waals surface area contributed by atoms with Gasteiger partial charge in [0, 0.05) is 19.3 Å². The predicted octanol–water partition coefficient (Wildman–Crippen LogP) is 1.85. The van der Waals surface area contributed by atoms with Crippen LogP contribution in [0.2, 0.25) is 0 Å². The normalized spacial score (nSPS) is 16.6. The third-order valence-corrected chi connectivity index (χ3v) is 3.87. The lowest BCUT2D eigenvalue weighted by Crippen LogP contribution is -2.50. The number of aliphatic carboxylic acids is 1. The van der Waals surface area contributed by atoms with E-state index in [1.165, 1.54) is 4.90 Å². The van der Waals surface area contributed by atoms with Crippen LogP contribution < -0.4 is 4.74 Å². The first-order valence-corrected chi connectivity index (χ1v) is 7.80. The van der Waals surface area contributed by atoms with E-state index in [4.69, 9.17) is 14.6 Å². The summed E-state index contributed by atoms with van der Waals surface area (Å²) in [5.41, 5.74) is 1.04. The molecule has 0 saturated carbocycles. The quantitative estimate of drug-likeness (QED) is 0.865.